The smallest absolute Gasteiger partial charge is 0.348 e. The van der Waals surface area contributed by atoms with Gasteiger partial charge in [-0.2, -0.15) is 0 Å². The van der Waals surface area contributed by atoms with Gasteiger partial charge in [-0.1, -0.05) is 6.07 Å². The molecule has 0 aliphatic heterocycles. The summed E-state index contributed by atoms with van der Waals surface area (Å²) in [6.07, 6.45) is 1.23. The van der Waals surface area contributed by atoms with Crippen molar-refractivity contribution in [3.63, 3.8) is 0 Å². The van der Waals surface area contributed by atoms with Crippen LogP contribution >= 0.6 is 11.3 Å². The summed E-state index contributed by atoms with van der Waals surface area (Å²) in [5.74, 6) is -0.273. The van der Waals surface area contributed by atoms with Crippen molar-refractivity contribution in [2.45, 2.75) is 26.9 Å². The molecule has 0 bridgehead atoms. The monoisotopic (exact) mass is 429 g/mol. The van der Waals surface area contributed by atoms with Crippen LogP contribution in [-0.2, 0) is 14.2 Å². The van der Waals surface area contributed by atoms with E-state index in [4.69, 9.17) is 14.2 Å². The molecule has 30 heavy (non-hydrogen) atoms. The molecule has 3 aromatic rings. The number of nitrogens with zero attached hydrogens (tertiary/aromatic N) is 2. The third-order valence-electron chi connectivity index (χ3n) is 4.14. The first-order chi connectivity index (χ1) is 14.4. The first kappa shape index (κ1) is 21.7. The van der Waals surface area contributed by atoms with E-state index < -0.39 is 11.9 Å². The summed E-state index contributed by atoms with van der Waals surface area (Å²) in [5, 5.41) is 3.95. The van der Waals surface area contributed by atoms with E-state index in [1.165, 1.54) is 17.7 Å². The highest BCUT2D eigenvalue weighted by atomic mass is 32.1. The number of benzene rings is 1. The Balaban J connectivity index is 1.88. The number of carbonyl (C=O) groups excluding carboxylic acids is 2. The number of anilines is 2. The van der Waals surface area contributed by atoms with Crippen LogP contribution in [0.2, 0.25) is 0 Å². The highest BCUT2D eigenvalue weighted by molar-refractivity contribution is 7.20. The number of rotatable bonds is 8. The van der Waals surface area contributed by atoms with Gasteiger partial charge in [0.05, 0.1) is 23.7 Å². The number of aromatic nitrogens is 2. The van der Waals surface area contributed by atoms with Gasteiger partial charge in [-0.05, 0) is 44.5 Å². The van der Waals surface area contributed by atoms with Crippen molar-refractivity contribution in [1.29, 1.82) is 0 Å². The highest BCUT2D eigenvalue weighted by Gasteiger charge is 2.20. The number of aryl methyl sites for hydroxylation is 1. The molecule has 3 rings (SSSR count). The average Bonchev–Trinajstić information content (AvgIpc) is 3.05. The van der Waals surface area contributed by atoms with Crippen molar-refractivity contribution in [1.82, 2.24) is 9.97 Å². The summed E-state index contributed by atoms with van der Waals surface area (Å²) in [5.41, 5.74) is 1.84. The third kappa shape index (κ3) is 4.92. The summed E-state index contributed by atoms with van der Waals surface area (Å²) < 4.78 is 15.4. The van der Waals surface area contributed by atoms with Gasteiger partial charge in [0.1, 0.15) is 28.5 Å². The number of hydrogen-bond acceptors (Lipinski definition) is 9. The summed E-state index contributed by atoms with van der Waals surface area (Å²) in [6, 6.07) is 6.97. The van der Waals surface area contributed by atoms with Crippen molar-refractivity contribution >= 4 is 45.0 Å². The van der Waals surface area contributed by atoms with Crippen LogP contribution in [0.5, 0.6) is 0 Å². The van der Waals surface area contributed by atoms with Gasteiger partial charge in [0, 0.05) is 12.8 Å². The quantitative estimate of drug-likeness (QED) is 0.422. The van der Waals surface area contributed by atoms with E-state index >= 15 is 0 Å². The second kappa shape index (κ2) is 9.64. The Morgan fingerprint density at radius 2 is 1.97 bits per heavy atom. The number of ether oxygens (including phenoxy) is 3. The van der Waals surface area contributed by atoms with Crippen LogP contribution in [0, 0.1) is 6.92 Å². The fraction of sp³-hybridized carbons (Fsp3) is 0.333. The van der Waals surface area contributed by atoms with Gasteiger partial charge < -0.3 is 19.5 Å². The molecule has 8 nitrogen and oxygen atoms in total. The van der Waals surface area contributed by atoms with Crippen molar-refractivity contribution in [3.8, 4) is 0 Å². The molecule has 0 saturated heterocycles. The Kier molecular flexibility index (Phi) is 6.96. The van der Waals surface area contributed by atoms with Gasteiger partial charge in [-0.15, -0.1) is 11.3 Å². The normalized spacial score (nSPS) is 11.0. The zero-order valence-electron chi connectivity index (χ0n) is 17.2. The molecule has 0 aliphatic carbocycles. The van der Waals surface area contributed by atoms with Crippen molar-refractivity contribution in [2.75, 3.05) is 25.6 Å². The van der Waals surface area contributed by atoms with E-state index in [2.05, 4.69) is 15.3 Å². The van der Waals surface area contributed by atoms with Gasteiger partial charge in [-0.3, -0.25) is 0 Å². The largest absolute Gasteiger partial charge is 0.459 e. The fourth-order valence-corrected chi connectivity index (χ4v) is 3.83. The Labute approximate surface area is 178 Å². The number of esters is 2. The molecule has 0 aliphatic rings. The molecular formula is C21H23N3O5S. The van der Waals surface area contributed by atoms with E-state index in [0.717, 1.165) is 10.9 Å². The molecule has 0 unspecified atom stereocenters. The van der Waals surface area contributed by atoms with Crippen LogP contribution in [0.25, 0.3) is 10.2 Å². The molecule has 2 heterocycles. The maximum atomic E-state index is 12.4. The Morgan fingerprint density at radius 3 is 2.70 bits per heavy atom. The number of thiophene rings is 1. The van der Waals surface area contributed by atoms with Crippen molar-refractivity contribution in [3.05, 3.63) is 46.6 Å². The lowest BCUT2D eigenvalue weighted by molar-refractivity contribution is 0.0374. The number of hydrogen-bond donors (Lipinski definition) is 1. The Hall–Kier alpha value is -3.04. The lowest BCUT2D eigenvalue weighted by Crippen LogP contribution is -2.11. The molecular weight excluding hydrogens is 406 g/mol. The average molecular weight is 429 g/mol. The third-order valence-corrected chi connectivity index (χ3v) is 5.32. The Morgan fingerprint density at radius 1 is 1.17 bits per heavy atom. The molecule has 0 fully saturated rings. The number of methoxy groups -OCH3 is 1. The minimum absolute atomic E-state index is 0.180. The predicted molar refractivity (Wildman–Crippen MR) is 115 cm³/mol. The summed E-state index contributed by atoms with van der Waals surface area (Å²) in [4.78, 5) is 34.3. The van der Waals surface area contributed by atoms with Crippen LogP contribution in [-0.4, -0.2) is 48.3 Å². The fourth-order valence-electron chi connectivity index (χ4n) is 2.79. The van der Waals surface area contributed by atoms with Crippen LogP contribution in [0.4, 0.5) is 11.5 Å². The van der Waals surface area contributed by atoms with Gasteiger partial charge in [0.15, 0.2) is 0 Å². The first-order valence-corrected chi connectivity index (χ1v) is 10.2. The molecule has 0 saturated carbocycles. The molecule has 0 spiro atoms. The summed E-state index contributed by atoms with van der Waals surface area (Å²) in [7, 11) is 1.55. The number of carbonyl (C=O) groups is 2. The van der Waals surface area contributed by atoms with E-state index in [1.54, 1.807) is 39.2 Å². The topological polar surface area (TPSA) is 99.6 Å². The lowest BCUT2D eigenvalue weighted by Gasteiger charge is -2.11. The maximum Gasteiger partial charge on any atom is 0.348 e. The van der Waals surface area contributed by atoms with Gasteiger partial charge in [0.25, 0.3) is 0 Å². The molecule has 1 aromatic carbocycles. The van der Waals surface area contributed by atoms with Crippen LogP contribution in [0.3, 0.4) is 0 Å². The van der Waals surface area contributed by atoms with E-state index in [1.807, 2.05) is 13.0 Å². The molecule has 158 valence electrons. The SMILES string of the molecule is COCCOC(=O)c1sc2ncnc(Nc3cccc(C(=O)OC(C)C)c3)c2c1C. The number of nitrogens with one attached hydrogen (secondary N) is 1. The van der Waals surface area contributed by atoms with Gasteiger partial charge >= 0.3 is 11.9 Å². The maximum absolute atomic E-state index is 12.4. The predicted octanol–water partition coefficient (Wildman–Crippen LogP) is 4.11. The van der Waals surface area contributed by atoms with Gasteiger partial charge in [0.2, 0.25) is 0 Å². The van der Waals surface area contributed by atoms with Crippen LogP contribution in [0.1, 0.15) is 39.4 Å². The second-order valence-electron chi connectivity index (χ2n) is 6.75. The Bertz CT molecular complexity index is 1060. The molecule has 0 radical (unpaired) electrons. The summed E-state index contributed by atoms with van der Waals surface area (Å²) >= 11 is 1.25. The standard InChI is InChI=1S/C21H23N3O5S/c1-12(2)29-20(25)14-6-5-7-15(10-14)24-18-16-13(3)17(21(26)28-9-8-27-4)30-19(16)23-11-22-18/h5-7,10-12H,8-9H2,1-4H3,(H,22,23,24). The first-order valence-electron chi connectivity index (χ1n) is 9.39. The zero-order valence-corrected chi connectivity index (χ0v) is 18.0. The minimum atomic E-state index is -0.420. The summed E-state index contributed by atoms with van der Waals surface area (Å²) in [6.45, 7) is 5.94. The molecule has 0 amide bonds. The lowest BCUT2D eigenvalue weighted by atomic mass is 10.1. The van der Waals surface area contributed by atoms with Crippen LogP contribution < -0.4 is 5.32 Å². The van der Waals surface area contributed by atoms with E-state index in [9.17, 15) is 9.59 Å². The molecule has 9 heteroatoms. The van der Waals surface area contributed by atoms with E-state index in [0.29, 0.717) is 33.4 Å². The highest BCUT2D eigenvalue weighted by Crippen LogP contribution is 2.35. The van der Waals surface area contributed by atoms with Crippen LogP contribution in [0.15, 0.2) is 30.6 Å². The molecule has 0 atom stereocenters. The van der Waals surface area contributed by atoms with E-state index in [-0.39, 0.29) is 12.7 Å². The second-order valence-corrected chi connectivity index (χ2v) is 7.75. The van der Waals surface area contributed by atoms with Gasteiger partial charge in [-0.25, -0.2) is 19.6 Å². The van der Waals surface area contributed by atoms with Crippen molar-refractivity contribution < 1.29 is 23.8 Å². The minimum Gasteiger partial charge on any atom is -0.459 e. The molecule has 1 N–H and O–H groups in total. The number of fused-ring (bicyclic) bond motifs is 1. The molecule has 2 aromatic heterocycles. The van der Waals surface area contributed by atoms with Crippen molar-refractivity contribution in [2.24, 2.45) is 0 Å². The zero-order chi connectivity index (χ0) is 21.7.